The first-order chi connectivity index (χ1) is 10.2. The molecule has 0 spiro atoms. The van der Waals surface area contributed by atoms with Crippen LogP contribution in [0.25, 0.3) is 22.2 Å². The molecule has 0 atom stereocenters. The van der Waals surface area contributed by atoms with Crippen LogP contribution in [0.2, 0.25) is 0 Å². The van der Waals surface area contributed by atoms with Gasteiger partial charge in [-0.2, -0.15) is 5.10 Å². The molecule has 0 bridgehead atoms. The van der Waals surface area contributed by atoms with Gasteiger partial charge in [0.05, 0.1) is 12.8 Å². The number of nitrogens with one attached hydrogen (secondary N) is 1. The van der Waals surface area contributed by atoms with Crippen LogP contribution in [0.15, 0.2) is 36.5 Å². The van der Waals surface area contributed by atoms with Gasteiger partial charge >= 0.3 is 5.97 Å². The summed E-state index contributed by atoms with van der Waals surface area (Å²) in [5.74, 6) is -0.359. The number of esters is 1. The molecule has 1 N–H and O–H groups in total. The molecule has 21 heavy (non-hydrogen) atoms. The number of H-pyrrole nitrogens is 1. The standard InChI is InChI=1S/C16H17N3O2/c1-3-8-19-15(16(20)21-2)9-14(18-19)12-10-17-13-7-5-4-6-11(12)13/h4-7,9-10,17H,3,8H2,1-2H3. The highest BCUT2D eigenvalue weighted by Gasteiger charge is 2.17. The molecule has 0 aliphatic carbocycles. The first kappa shape index (κ1) is 13.4. The van der Waals surface area contributed by atoms with Gasteiger partial charge in [0.15, 0.2) is 0 Å². The number of benzene rings is 1. The monoisotopic (exact) mass is 283 g/mol. The molecule has 0 fully saturated rings. The summed E-state index contributed by atoms with van der Waals surface area (Å²) in [4.78, 5) is 15.1. The maximum absolute atomic E-state index is 11.9. The number of carbonyl (C=O) groups is 1. The van der Waals surface area contributed by atoms with Crippen molar-refractivity contribution in [3.63, 3.8) is 0 Å². The Kier molecular flexibility index (Phi) is 3.48. The fraction of sp³-hybridized carbons (Fsp3) is 0.250. The van der Waals surface area contributed by atoms with Gasteiger partial charge in [-0.05, 0) is 18.6 Å². The van der Waals surface area contributed by atoms with Gasteiger partial charge in [0, 0.05) is 29.2 Å². The van der Waals surface area contributed by atoms with Crippen LogP contribution in [0.1, 0.15) is 23.8 Å². The van der Waals surface area contributed by atoms with Crippen molar-refractivity contribution >= 4 is 16.9 Å². The summed E-state index contributed by atoms with van der Waals surface area (Å²) in [6, 6.07) is 9.82. The van der Waals surface area contributed by atoms with Crippen LogP contribution >= 0.6 is 0 Å². The van der Waals surface area contributed by atoms with Crippen molar-refractivity contribution in [3.05, 3.63) is 42.2 Å². The van der Waals surface area contributed by atoms with Crippen molar-refractivity contribution in [2.75, 3.05) is 7.11 Å². The highest BCUT2D eigenvalue weighted by molar-refractivity contribution is 5.96. The number of hydrogen-bond donors (Lipinski definition) is 1. The Morgan fingerprint density at radius 1 is 1.38 bits per heavy atom. The lowest BCUT2D eigenvalue weighted by Crippen LogP contribution is -2.11. The number of methoxy groups -OCH3 is 1. The molecule has 2 heterocycles. The lowest BCUT2D eigenvalue weighted by atomic mass is 10.1. The maximum Gasteiger partial charge on any atom is 0.356 e. The van der Waals surface area contributed by atoms with E-state index in [1.54, 1.807) is 10.7 Å². The number of aromatic nitrogens is 3. The van der Waals surface area contributed by atoms with Crippen LogP contribution in [0, 0.1) is 0 Å². The second-order valence-electron chi connectivity index (χ2n) is 4.88. The van der Waals surface area contributed by atoms with E-state index in [9.17, 15) is 4.79 Å². The number of aromatic amines is 1. The number of rotatable bonds is 4. The lowest BCUT2D eigenvalue weighted by Gasteiger charge is -2.02. The van der Waals surface area contributed by atoms with Gasteiger partial charge in [0.25, 0.3) is 0 Å². The molecule has 1 aromatic carbocycles. The quantitative estimate of drug-likeness (QED) is 0.748. The molecule has 0 aliphatic rings. The molecule has 5 heteroatoms. The molecule has 5 nitrogen and oxygen atoms in total. The van der Waals surface area contributed by atoms with Crippen LogP contribution in [0.3, 0.4) is 0 Å². The topological polar surface area (TPSA) is 59.9 Å². The van der Waals surface area contributed by atoms with E-state index in [0.29, 0.717) is 12.2 Å². The molecule has 3 rings (SSSR count). The summed E-state index contributed by atoms with van der Waals surface area (Å²) in [6.07, 6.45) is 2.82. The molecule has 108 valence electrons. The first-order valence-corrected chi connectivity index (χ1v) is 6.97. The van der Waals surface area contributed by atoms with E-state index < -0.39 is 0 Å². The highest BCUT2D eigenvalue weighted by Crippen LogP contribution is 2.28. The molecule has 0 radical (unpaired) electrons. The second-order valence-corrected chi connectivity index (χ2v) is 4.88. The van der Waals surface area contributed by atoms with E-state index in [1.165, 1.54) is 7.11 Å². The van der Waals surface area contributed by atoms with Gasteiger partial charge in [-0.15, -0.1) is 0 Å². The number of hydrogen-bond acceptors (Lipinski definition) is 3. The number of aryl methyl sites for hydroxylation is 1. The average molecular weight is 283 g/mol. The molecule has 0 saturated carbocycles. The summed E-state index contributed by atoms with van der Waals surface area (Å²) >= 11 is 0. The normalized spacial score (nSPS) is 11.0. The van der Waals surface area contributed by atoms with Gasteiger partial charge < -0.3 is 9.72 Å². The van der Waals surface area contributed by atoms with Crippen LogP contribution in [-0.2, 0) is 11.3 Å². The minimum absolute atomic E-state index is 0.359. The van der Waals surface area contributed by atoms with Gasteiger partial charge in [0.1, 0.15) is 5.69 Å². The zero-order valence-electron chi connectivity index (χ0n) is 12.1. The minimum Gasteiger partial charge on any atom is -0.464 e. The predicted octanol–water partition coefficient (Wildman–Crippen LogP) is 3.23. The molecular weight excluding hydrogens is 266 g/mol. The van der Waals surface area contributed by atoms with Crippen LogP contribution in [0.5, 0.6) is 0 Å². The Balaban J connectivity index is 2.12. The Morgan fingerprint density at radius 2 is 2.19 bits per heavy atom. The summed E-state index contributed by atoms with van der Waals surface area (Å²) in [5.41, 5.74) is 3.31. The predicted molar refractivity (Wildman–Crippen MR) is 81.2 cm³/mol. The Hall–Kier alpha value is -2.56. The summed E-state index contributed by atoms with van der Waals surface area (Å²) < 4.78 is 6.55. The van der Waals surface area contributed by atoms with Crippen molar-refractivity contribution in [2.24, 2.45) is 0 Å². The number of ether oxygens (including phenoxy) is 1. The van der Waals surface area contributed by atoms with Gasteiger partial charge in [-0.3, -0.25) is 4.68 Å². The molecule has 0 unspecified atom stereocenters. The third-order valence-electron chi connectivity index (χ3n) is 3.48. The zero-order valence-corrected chi connectivity index (χ0v) is 12.1. The SMILES string of the molecule is CCCn1nc(-c2c[nH]c3ccccc23)cc1C(=O)OC. The smallest absolute Gasteiger partial charge is 0.356 e. The summed E-state index contributed by atoms with van der Waals surface area (Å²) in [5, 5.41) is 5.65. The van der Waals surface area contributed by atoms with Gasteiger partial charge in [-0.1, -0.05) is 25.1 Å². The second kappa shape index (κ2) is 5.44. The van der Waals surface area contributed by atoms with Crippen LogP contribution in [-0.4, -0.2) is 27.8 Å². The van der Waals surface area contributed by atoms with Crippen LogP contribution in [0.4, 0.5) is 0 Å². The number of para-hydroxylation sites is 1. The molecular formula is C16H17N3O2. The minimum atomic E-state index is -0.359. The average Bonchev–Trinajstić information content (AvgIpc) is 3.10. The van der Waals surface area contributed by atoms with Gasteiger partial charge in [-0.25, -0.2) is 4.79 Å². The Morgan fingerprint density at radius 3 is 2.95 bits per heavy atom. The number of nitrogens with zero attached hydrogens (tertiary/aromatic N) is 2. The van der Waals surface area contributed by atoms with E-state index in [4.69, 9.17) is 4.74 Å². The fourth-order valence-electron chi connectivity index (χ4n) is 2.48. The van der Waals surface area contributed by atoms with Crippen molar-refractivity contribution in [3.8, 4) is 11.3 Å². The van der Waals surface area contributed by atoms with E-state index in [0.717, 1.165) is 28.6 Å². The van der Waals surface area contributed by atoms with Crippen molar-refractivity contribution < 1.29 is 9.53 Å². The van der Waals surface area contributed by atoms with Crippen molar-refractivity contribution in [2.45, 2.75) is 19.9 Å². The van der Waals surface area contributed by atoms with E-state index >= 15 is 0 Å². The maximum atomic E-state index is 11.9. The van der Waals surface area contributed by atoms with E-state index in [2.05, 4.69) is 10.1 Å². The fourth-order valence-corrected chi connectivity index (χ4v) is 2.48. The zero-order chi connectivity index (χ0) is 14.8. The number of carbonyl (C=O) groups excluding carboxylic acids is 1. The first-order valence-electron chi connectivity index (χ1n) is 6.97. The van der Waals surface area contributed by atoms with E-state index in [-0.39, 0.29) is 5.97 Å². The van der Waals surface area contributed by atoms with Crippen LogP contribution < -0.4 is 0 Å². The van der Waals surface area contributed by atoms with Crippen molar-refractivity contribution in [1.29, 1.82) is 0 Å². The van der Waals surface area contributed by atoms with Crippen molar-refractivity contribution in [1.82, 2.24) is 14.8 Å². The third kappa shape index (κ3) is 2.31. The Bertz CT molecular complexity index is 786. The van der Waals surface area contributed by atoms with Gasteiger partial charge in [0.2, 0.25) is 0 Å². The summed E-state index contributed by atoms with van der Waals surface area (Å²) in [7, 11) is 1.39. The molecule has 0 amide bonds. The highest BCUT2D eigenvalue weighted by atomic mass is 16.5. The van der Waals surface area contributed by atoms with E-state index in [1.807, 2.05) is 37.4 Å². The molecule has 2 aromatic heterocycles. The Labute approximate surface area is 122 Å². The molecule has 3 aromatic rings. The lowest BCUT2D eigenvalue weighted by molar-refractivity contribution is 0.0586. The largest absolute Gasteiger partial charge is 0.464 e. The molecule has 0 aliphatic heterocycles. The molecule has 0 saturated heterocycles. The number of fused-ring (bicyclic) bond motifs is 1. The third-order valence-corrected chi connectivity index (χ3v) is 3.48. The summed E-state index contributed by atoms with van der Waals surface area (Å²) in [6.45, 7) is 2.74.